The lowest BCUT2D eigenvalue weighted by molar-refractivity contribution is 0.0444. The lowest BCUT2D eigenvalue weighted by Gasteiger charge is -2.20. The molecule has 1 aromatic rings. The molecule has 1 aromatic carbocycles. The van der Waals surface area contributed by atoms with Crippen LogP contribution in [0.3, 0.4) is 0 Å². The summed E-state index contributed by atoms with van der Waals surface area (Å²) in [5.74, 6) is 2.41. The van der Waals surface area contributed by atoms with Gasteiger partial charge in [0.15, 0.2) is 36.6 Å². The fourth-order valence-corrected chi connectivity index (χ4v) is 2.73. The lowest BCUT2D eigenvalue weighted by Crippen LogP contribution is -2.08. The second-order valence-electron chi connectivity index (χ2n) is 5.02. The van der Waals surface area contributed by atoms with Crippen LogP contribution < -0.4 is 18.9 Å². The van der Waals surface area contributed by atoms with Crippen molar-refractivity contribution in [1.82, 2.24) is 0 Å². The number of alkyl halides is 1. The zero-order valence-corrected chi connectivity index (χ0v) is 16.4. The first-order valence-electron chi connectivity index (χ1n) is 7.80. The van der Waals surface area contributed by atoms with Crippen molar-refractivity contribution >= 4 is 15.9 Å². The standard InChI is InChI=1S/C17H27BrO6/c1-19-11-23-15-10-14(21-3)17(24-12-20-2)13(16(15)22-4)8-6-5-7-9-18/h10H,5-9,11-12H2,1-4H3. The van der Waals surface area contributed by atoms with E-state index in [0.29, 0.717) is 23.0 Å². The summed E-state index contributed by atoms with van der Waals surface area (Å²) in [6, 6.07) is 1.74. The zero-order chi connectivity index (χ0) is 17.8. The van der Waals surface area contributed by atoms with Crippen LogP contribution in [0.4, 0.5) is 0 Å². The van der Waals surface area contributed by atoms with Crippen molar-refractivity contribution in [3.63, 3.8) is 0 Å². The molecule has 0 bridgehead atoms. The number of methoxy groups -OCH3 is 4. The van der Waals surface area contributed by atoms with Crippen molar-refractivity contribution in [2.75, 3.05) is 47.4 Å². The molecular weight excluding hydrogens is 380 g/mol. The largest absolute Gasteiger partial charge is 0.493 e. The van der Waals surface area contributed by atoms with E-state index in [2.05, 4.69) is 15.9 Å². The van der Waals surface area contributed by atoms with Gasteiger partial charge in [-0.1, -0.05) is 22.4 Å². The Kier molecular flexibility index (Phi) is 10.6. The van der Waals surface area contributed by atoms with E-state index in [1.54, 1.807) is 34.5 Å². The fourth-order valence-electron chi connectivity index (χ4n) is 2.33. The van der Waals surface area contributed by atoms with Crippen molar-refractivity contribution in [3.8, 4) is 23.0 Å². The fraction of sp³-hybridized carbons (Fsp3) is 0.647. The minimum atomic E-state index is 0.126. The maximum atomic E-state index is 5.74. The second kappa shape index (κ2) is 12.2. The van der Waals surface area contributed by atoms with Gasteiger partial charge >= 0.3 is 0 Å². The third kappa shape index (κ3) is 6.03. The summed E-state index contributed by atoms with van der Waals surface area (Å²) in [6.45, 7) is 0.257. The van der Waals surface area contributed by atoms with Gasteiger partial charge in [0.25, 0.3) is 0 Å². The summed E-state index contributed by atoms with van der Waals surface area (Å²) in [5.41, 5.74) is 0.912. The summed E-state index contributed by atoms with van der Waals surface area (Å²) < 4.78 is 32.4. The second-order valence-corrected chi connectivity index (χ2v) is 5.81. The molecule has 0 aliphatic heterocycles. The minimum absolute atomic E-state index is 0.126. The van der Waals surface area contributed by atoms with Gasteiger partial charge in [-0.25, -0.2) is 0 Å². The Balaban J connectivity index is 3.20. The van der Waals surface area contributed by atoms with Crippen molar-refractivity contribution in [2.24, 2.45) is 0 Å². The molecule has 0 aliphatic rings. The topological polar surface area (TPSA) is 55.4 Å². The van der Waals surface area contributed by atoms with Crippen LogP contribution in [0.1, 0.15) is 24.8 Å². The molecule has 0 amide bonds. The Morgan fingerprint density at radius 2 is 1.50 bits per heavy atom. The van der Waals surface area contributed by atoms with Crippen LogP contribution >= 0.6 is 15.9 Å². The Hall–Kier alpha value is -1.18. The molecule has 0 radical (unpaired) electrons. The van der Waals surface area contributed by atoms with Gasteiger partial charge < -0.3 is 28.4 Å². The Morgan fingerprint density at radius 1 is 0.792 bits per heavy atom. The lowest BCUT2D eigenvalue weighted by atomic mass is 10.0. The highest BCUT2D eigenvalue weighted by Gasteiger charge is 2.22. The number of rotatable bonds is 13. The highest BCUT2D eigenvalue weighted by Crippen LogP contribution is 2.45. The molecular formula is C17H27BrO6. The first kappa shape index (κ1) is 20.9. The van der Waals surface area contributed by atoms with E-state index in [9.17, 15) is 0 Å². The number of hydrogen-bond donors (Lipinski definition) is 0. The molecule has 6 nitrogen and oxygen atoms in total. The van der Waals surface area contributed by atoms with E-state index < -0.39 is 0 Å². The van der Waals surface area contributed by atoms with E-state index in [0.717, 1.165) is 36.6 Å². The maximum absolute atomic E-state index is 5.74. The van der Waals surface area contributed by atoms with Crippen molar-refractivity contribution in [2.45, 2.75) is 25.7 Å². The number of ether oxygens (including phenoxy) is 6. The molecule has 1 rings (SSSR count). The van der Waals surface area contributed by atoms with Gasteiger partial charge in [-0.2, -0.15) is 0 Å². The van der Waals surface area contributed by atoms with Crippen LogP contribution in [-0.4, -0.2) is 47.4 Å². The normalized spacial score (nSPS) is 10.5. The molecule has 0 fully saturated rings. The zero-order valence-electron chi connectivity index (χ0n) is 14.9. The van der Waals surface area contributed by atoms with Crippen LogP contribution in [0.5, 0.6) is 23.0 Å². The molecule has 0 saturated carbocycles. The van der Waals surface area contributed by atoms with Gasteiger partial charge in [-0.15, -0.1) is 0 Å². The summed E-state index contributed by atoms with van der Waals surface area (Å²) in [7, 11) is 6.36. The third-order valence-corrected chi connectivity index (χ3v) is 3.96. The molecule has 0 heterocycles. The van der Waals surface area contributed by atoms with Crippen LogP contribution in [-0.2, 0) is 15.9 Å². The van der Waals surface area contributed by atoms with E-state index >= 15 is 0 Å². The third-order valence-electron chi connectivity index (χ3n) is 3.40. The van der Waals surface area contributed by atoms with Gasteiger partial charge in [0.2, 0.25) is 0 Å². The van der Waals surface area contributed by atoms with E-state index in [1.807, 2.05) is 0 Å². The Morgan fingerprint density at radius 3 is 2.08 bits per heavy atom. The van der Waals surface area contributed by atoms with Gasteiger partial charge in [-0.05, 0) is 19.3 Å². The molecule has 0 unspecified atom stereocenters. The predicted molar refractivity (Wildman–Crippen MR) is 95.9 cm³/mol. The van der Waals surface area contributed by atoms with Gasteiger partial charge in [0.05, 0.1) is 14.2 Å². The average Bonchev–Trinajstić information content (AvgIpc) is 2.61. The quantitative estimate of drug-likeness (QED) is 0.282. The van der Waals surface area contributed by atoms with Crippen LogP contribution in [0.15, 0.2) is 6.07 Å². The molecule has 0 N–H and O–H groups in total. The summed E-state index contributed by atoms with van der Waals surface area (Å²) >= 11 is 3.46. The molecule has 0 spiro atoms. The van der Waals surface area contributed by atoms with Crippen molar-refractivity contribution in [3.05, 3.63) is 11.6 Å². The van der Waals surface area contributed by atoms with Gasteiger partial charge in [0.1, 0.15) is 0 Å². The highest BCUT2D eigenvalue weighted by atomic mass is 79.9. The summed E-state index contributed by atoms with van der Waals surface area (Å²) in [4.78, 5) is 0. The molecule has 0 saturated heterocycles. The molecule has 0 aliphatic carbocycles. The SMILES string of the molecule is COCOc1cc(OC)c(OCOC)c(CCCCCBr)c1OC. The Bertz CT molecular complexity index is 481. The average molecular weight is 407 g/mol. The van der Waals surface area contributed by atoms with Gasteiger partial charge in [0, 0.05) is 31.2 Å². The van der Waals surface area contributed by atoms with Crippen molar-refractivity contribution < 1.29 is 28.4 Å². The van der Waals surface area contributed by atoms with Crippen molar-refractivity contribution in [1.29, 1.82) is 0 Å². The van der Waals surface area contributed by atoms with E-state index in [-0.39, 0.29) is 13.6 Å². The number of hydrogen-bond acceptors (Lipinski definition) is 6. The van der Waals surface area contributed by atoms with Crippen LogP contribution in [0.25, 0.3) is 0 Å². The smallest absolute Gasteiger partial charge is 0.188 e. The van der Waals surface area contributed by atoms with Gasteiger partial charge in [-0.3, -0.25) is 0 Å². The molecule has 0 aromatic heterocycles. The first-order chi connectivity index (χ1) is 11.7. The minimum Gasteiger partial charge on any atom is -0.493 e. The number of unbranched alkanes of at least 4 members (excludes halogenated alkanes) is 2. The van der Waals surface area contributed by atoms with Crippen LogP contribution in [0.2, 0.25) is 0 Å². The molecule has 138 valence electrons. The number of benzene rings is 1. The maximum Gasteiger partial charge on any atom is 0.188 e. The molecule has 0 atom stereocenters. The summed E-state index contributed by atoms with van der Waals surface area (Å²) in [6.07, 6.45) is 4.01. The summed E-state index contributed by atoms with van der Waals surface area (Å²) in [5, 5.41) is 0.997. The number of halogens is 1. The first-order valence-corrected chi connectivity index (χ1v) is 8.92. The molecule has 24 heavy (non-hydrogen) atoms. The van der Waals surface area contributed by atoms with E-state index in [1.165, 1.54) is 0 Å². The Labute approximate surface area is 152 Å². The predicted octanol–water partition coefficient (Wildman–Crippen LogP) is 3.78. The van der Waals surface area contributed by atoms with Crippen LogP contribution in [0, 0.1) is 0 Å². The highest BCUT2D eigenvalue weighted by molar-refractivity contribution is 9.09. The molecule has 7 heteroatoms. The monoisotopic (exact) mass is 406 g/mol. The van der Waals surface area contributed by atoms with E-state index in [4.69, 9.17) is 28.4 Å².